The molecule has 0 fully saturated rings. The Balaban J connectivity index is 1.84. The molecule has 0 saturated heterocycles. The number of carbonyl (C=O) groups excluding carboxylic acids is 1. The minimum absolute atomic E-state index is 0.0244. The Morgan fingerprint density at radius 3 is 2.58 bits per heavy atom. The summed E-state index contributed by atoms with van der Waals surface area (Å²) in [7, 11) is 0. The molecule has 0 unspecified atom stereocenters. The predicted octanol–water partition coefficient (Wildman–Crippen LogP) is 3.61. The van der Waals surface area contributed by atoms with E-state index in [1.165, 1.54) is 16.3 Å². The van der Waals surface area contributed by atoms with Gasteiger partial charge in [-0.1, -0.05) is 45.0 Å². The van der Waals surface area contributed by atoms with E-state index in [0.29, 0.717) is 16.8 Å². The first kappa shape index (κ1) is 17.9. The standard InChI is InChI=1S/C21H22N2O3/c1-14-11-15(21(2,3)4)9-10-18(14)26-20(25)13-23-17-8-6-5-7-16(17)22-12-19(23)24/h5-12H,13H2,1-4H3. The predicted molar refractivity (Wildman–Crippen MR) is 102 cm³/mol. The Morgan fingerprint density at radius 2 is 1.88 bits per heavy atom. The quantitative estimate of drug-likeness (QED) is 0.535. The number of hydrogen-bond acceptors (Lipinski definition) is 4. The SMILES string of the molecule is Cc1cc(C(C)(C)C)ccc1OC(=O)Cn1c(=O)cnc2ccccc21. The van der Waals surface area contributed by atoms with Gasteiger partial charge in [0.15, 0.2) is 0 Å². The van der Waals surface area contributed by atoms with Crippen LogP contribution in [0.3, 0.4) is 0 Å². The summed E-state index contributed by atoms with van der Waals surface area (Å²) in [4.78, 5) is 28.6. The third kappa shape index (κ3) is 3.67. The number of esters is 1. The third-order valence-electron chi connectivity index (χ3n) is 4.30. The fourth-order valence-electron chi connectivity index (χ4n) is 2.79. The van der Waals surface area contributed by atoms with Crippen molar-refractivity contribution in [1.29, 1.82) is 0 Å². The molecule has 2 aromatic carbocycles. The number of rotatable bonds is 3. The molecule has 0 atom stereocenters. The van der Waals surface area contributed by atoms with Crippen LogP contribution in [0.15, 0.2) is 53.5 Å². The van der Waals surface area contributed by atoms with Crippen molar-refractivity contribution in [2.45, 2.75) is 39.7 Å². The Kier molecular flexibility index (Phi) is 4.64. The highest BCUT2D eigenvalue weighted by molar-refractivity contribution is 5.78. The minimum atomic E-state index is -0.491. The Morgan fingerprint density at radius 1 is 1.15 bits per heavy atom. The van der Waals surface area contributed by atoms with Crippen LogP contribution in [0.2, 0.25) is 0 Å². The van der Waals surface area contributed by atoms with Gasteiger partial charge in [0.1, 0.15) is 12.3 Å². The topological polar surface area (TPSA) is 61.2 Å². The molecule has 0 aliphatic heterocycles. The lowest BCUT2D eigenvalue weighted by molar-refractivity contribution is -0.135. The molecule has 3 aromatic rings. The first-order valence-electron chi connectivity index (χ1n) is 8.52. The van der Waals surface area contributed by atoms with E-state index in [2.05, 4.69) is 25.8 Å². The number of ether oxygens (including phenoxy) is 1. The van der Waals surface area contributed by atoms with Gasteiger partial charge in [-0.15, -0.1) is 0 Å². The van der Waals surface area contributed by atoms with E-state index in [0.717, 1.165) is 5.56 Å². The van der Waals surface area contributed by atoms with Crippen LogP contribution in [0, 0.1) is 6.92 Å². The highest BCUT2D eigenvalue weighted by Crippen LogP contribution is 2.27. The Bertz CT molecular complexity index is 1030. The number of fused-ring (bicyclic) bond motifs is 1. The zero-order valence-corrected chi connectivity index (χ0v) is 15.4. The first-order valence-corrected chi connectivity index (χ1v) is 8.52. The molecule has 0 aliphatic rings. The zero-order chi connectivity index (χ0) is 18.9. The lowest BCUT2D eigenvalue weighted by Crippen LogP contribution is -2.27. The molecule has 0 N–H and O–H groups in total. The van der Waals surface area contributed by atoms with Gasteiger partial charge < -0.3 is 4.74 Å². The summed E-state index contributed by atoms with van der Waals surface area (Å²) in [5, 5.41) is 0. The van der Waals surface area contributed by atoms with Gasteiger partial charge in [0, 0.05) is 0 Å². The molecule has 134 valence electrons. The lowest BCUT2D eigenvalue weighted by Gasteiger charge is -2.20. The lowest BCUT2D eigenvalue weighted by atomic mass is 9.86. The molecule has 0 bridgehead atoms. The molecule has 0 saturated carbocycles. The second-order valence-electron chi connectivity index (χ2n) is 7.38. The van der Waals surface area contributed by atoms with Crippen molar-refractivity contribution in [3.63, 3.8) is 0 Å². The van der Waals surface area contributed by atoms with Gasteiger partial charge in [-0.25, -0.2) is 9.78 Å². The van der Waals surface area contributed by atoms with Gasteiger partial charge in [0.05, 0.1) is 17.2 Å². The van der Waals surface area contributed by atoms with Crippen LogP contribution in [-0.4, -0.2) is 15.5 Å². The molecule has 1 heterocycles. The smallest absolute Gasteiger partial charge is 0.331 e. The van der Waals surface area contributed by atoms with Crippen LogP contribution in [0.1, 0.15) is 31.9 Å². The zero-order valence-electron chi connectivity index (χ0n) is 15.4. The average Bonchev–Trinajstić information content (AvgIpc) is 2.58. The average molecular weight is 350 g/mol. The summed E-state index contributed by atoms with van der Waals surface area (Å²) in [5.41, 5.74) is 3.02. The van der Waals surface area contributed by atoms with Crippen molar-refractivity contribution in [3.05, 3.63) is 70.1 Å². The maximum Gasteiger partial charge on any atom is 0.331 e. The summed E-state index contributed by atoms with van der Waals surface area (Å²) < 4.78 is 6.88. The molecule has 5 heteroatoms. The monoisotopic (exact) mass is 350 g/mol. The Labute approximate surface area is 152 Å². The normalized spacial score (nSPS) is 11.5. The first-order chi connectivity index (χ1) is 12.3. The van der Waals surface area contributed by atoms with E-state index >= 15 is 0 Å². The van der Waals surface area contributed by atoms with Gasteiger partial charge in [0.25, 0.3) is 5.56 Å². The maximum absolute atomic E-state index is 12.4. The number of para-hydroxylation sites is 2. The van der Waals surface area contributed by atoms with Crippen LogP contribution >= 0.6 is 0 Å². The summed E-state index contributed by atoms with van der Waals surface area (Å²) in [6.07, 6.45) is 1.22. The number of hydrogen-bond donors (Lipinski definition) is 0. The van der Waals surface area contributed by atoms with Crippen LogP contribution in [-0.2, 0) is 16.8 Å². The summed E-state index contributed by atoms with van der Waals surface area (Å²) in [6, 6.07) is 13.0. The fraction of sp³-hybridized carbons (Fsp3) is 0.286. The van der Waals surface area contributed by atoms with E-state index < -0.39 is 5.97 Å². The number of aryl methyl sites for hydroxylation is 1. The molecule has 0 aliphatic carbocycles. The van der Waals surface area contributed by atoms with Crippen molar-refractivity contribution < 1.29 is 9.53 Å². The van der Waals surface area contributed by atoms with Crippen molar-refractivity contribution in [2.75, 3.05) is 0 Å². The molecule has 1 aromatic heterocycles. The van der Waals surface area contributed by atoms with Crippen LogP contribution in [0.4, 0.5) is 0 Å². The van der Waals surface area contributed by atoms with Crippen molar-refractivity contribution in [3.8, 4) is 5.75 Å². The molecular weight excluding hydrogens is 328 g/mol. The number of carbonyl (C=O) groups is 1. The molecular formula is C21H22N2O3. The van der Waals surface area contributed by atoms with Gasteiger partial charge in [-0.2, -0.15) is 0 Å². The van der Waals surface area contributed by atoms with Gasteiger partial charge >= 0.3 is 5.97 Å². The third-order valence-corrected chi connectivity index (χ3v) is 4.30. The number of aromatic nitrogens is 2. The second kappa shape index (κ2) is 6.75. The van der Waals surface area contributed by atoms with Gasteiger partial charge in [-0.05, 0) is 41.7 Å². The molecule has 5 nitrogen and oxygen atoms in total. The summed E-state index contributed by atoms with van der Waals surface area (Å²) in [5.74, 6) is 0.0180. The summed E-state index contributed by atoms with van der Waals surface area (Å²) >= 11 is 0. The molecule has 0 radical (unpaired) electrons. The van der Waals surface area contributed by atoms with Gasteiger partial charge in [0.2, 0.25) is 0 Å². The van der Waals surface area contributed by atoms with Crippen molar-refractivity contribution in [2.24, 2.45) is 0 Å². The van der Waals surface area contributed by atoms with E-state index in [1.807, 2.05) is 25.1 Å². The highest BCUT2D eigenvalue weighted by atomic mass is 16.5. The molecule has 26 heavy (non-hydrogen) atoms. The molecule has 0 spiro atoms. The van der Waals surface area contributed by atoms with E-state index in [1.54, 1.807) is 24.3 Å². The number of nitrogens with zero attached hydrogens (tertiary/aromatic N) is 2. The van der Waals surface area contributed by atoms with Gasteiger partial charge in [-0.3, -0.25) is 9.36 Å². The Hall–Kier alpha value is -2.95. The van der Waals surface area contributed by atoms with Crippen LogP contribution in [0.25, 0.3) is 11.0 Å². The largest absolute Gasteiger partial charge is 0.425 e. The van der Waals surface area contributed by atoms with Crippen LogP contribution in [0.5, 0.6) is 5.75 Å². The molecule has 3 rings (SSSR count). The summed E-state index contributed by atoms with van der Waals surface area (Å²) in [6.45, 7) is 8.14. The van der Waals surface area contributed by atoms with Crippen molar-refractivity contribution >= 4 is 17.0 Å². The van der Waals surface area contributed by atoms with Crippen LogP contribution < -0.4 is 10.3 Å². The van der Waals surface area contributed by atoms with Crippen molar-refractivity contribution in [1.82, 2.24) is 9.55 Å². The highest BCUT2D eigenvalue weighted by Gasteiger charge is 2.16. The van der Waals surface area contributed by atoms with E-state index in [4.69, 9.17) is 4.74 Å². The maximum atomic E-state index is 12.4. The second-order valence-corrected chi connectivity index (χ2v) is 7.38. The van der Waals surface area contributed by atoms with E-state index in [9.17, 15) is 9.59 Å². The van der Waals surface area contributed by atoms with E-state index in [-0.39, 0.29) is 17.5 Å². The fourth-order valence-corrected chi connectivity index (χ4v) is 2.79. The molecule has 0 amide bonds. The minimum Gasteiger partial charge on any atom is -0.425 e. The number of benzene rings is 2.